The van der Waals surface area contributed by atoms with E-state index in [9.17, 15) is 0 Å². The topological polar surface area (TPSA) is 66.3 Å². The molecule has 0 radical (unpaired) electrons. The minimum atomic E-state index is 0.740. The van der Waals surface area contributed by atoms with Crippen LogP contribution in [0.1, 0.15) is 38.4 Å². The zero-order chi connectivity index (χ0) is 20.6. The van der Waals surface area contributed by atoms with Crippen LogP contribution in [0.3, 0.4) is 0 Å². The molecule has 0 atom stereocenters. The summed E-state index contributed by atoms with van der Waals surface area (Å²) in [5.41, 5.74) is 6.44. The Morgan fingerprint density at radius 3 is 2.90 bits per heavy atom. The lowest BCUT2D eigenvalue weighted by Crippen LogP contribution is -2.11. The van der Waals surface area contributed by atoms with Crippen molar-refractivity contribution < 1.29 is 0 Å². The zero-order valence-corrected chi connectivity index (χ0v) is 17.7. The van der Waals surface area contributed by atoms with Crippen molar-refractivity contribution in [3.63, 3.8) is 0 Å². The Kier molecular flexibility index (Phi) is 6.89. The van der Waals surface area contributed by atoms with E-state index in [4.69, 9.17) is 0 Å². The highest BCUT2D eigenvalue weighted by Gasteiger charge is 2.13. The van der Waals surface area contributed by atoms with Crippen molar-refractivity contribution >= 4 is 28.4 Å². The van der Waals surface area contributed by atoms with Crippen LogP contribution in [0, 0.1) is 0 Å². The summed E-state index contributed by atoms with van der Waals surface area (Å²) in [6.07, 6.45) is 14.0. The van der Waals surface area contributed by atoms with Crippen LogP contribution < -0.4 is 16.0 Å². The monoisotopic (exact) mass is 390 g/mol. The van der Waals surface area contributed by atoms with E-state index in [-0.39, 0.29) is 0 Å². The largest absolute Gasteiger partial charge is 0.393 e. The molecule has 29 heavy (non-hydrogen) atoms. The minimum Gasteiger partial charge on any atom is -0.393 e. The van der Waals surface area contributed by atoms with Gasteiger partial charge in [0, 0.05) is 49.1 Å². The fourth-order valence-electron chi connectivity index (χ4n) is 3.44. The average Bonchev–Trinajstić information content (AvgIpc) is 3.20. The summed E-state index contributed by atoms with van der Waals surface area (Å²) in [5.74, 6) is 0.740. The Labute approximate surface area is 172 Å². The van der Waals surface area contributed by atoms with E-state index in [0.29, 0.717) is 0 Å². The number of benzene rings is 1. The molecule has 1 aliphatic heterocycles. The lowest BCUT2D eigenvalue weighted by Gasteiger charge is -2.19. The van der Waals surface area contributed by atoms with Gasteiger partial charge in [0.15, 0.2) is 11.5 Å². The van der Waals surface area contributed by atoms with Crippen LogP contribution in [-0.2, 0) is 6.42 Å². The van der Waals surface area contributed by atoms with Crippen LogP contribution in [0.25, 0.3) is 11.2 Å². The van der Waals surface area contributed by atoms with Crippen LogP contribution in [-0.4, -0.2) is 28.0 Å². The SMILES string of the molecule is C/C=C/C(=C\NC)c1cnc2c(Nc3ccc4c(c3)NCCC4)nccn12.CC. The normalized spacial score (nSPS) is 13.4. The third kappa shape index (κ3) is 4.42. The molecule has 0 saturated heterocycles. The Hall–Kier alpha value is -3.28. The number of aromatic nitrogens is 3. The van der Waals surface area contributed by atoms with Crippen molar-refractivity contribution in [3.8, 4) is 0 Å². The van der Waals surface area contributed by atoms with E-state index >= 15 is 0 Å². The van der Waals surface area contributed by atoms with Gasteiger partial charge >= 0.3 is 0 Å². The molecule has 0 amide bonds. The fraction of sp³-hybridized carbons (Fsp3) is 0.304. The summed E-state index contributed by atoms with van der Waals surface area (Å²) in [6, 6.07) is 6.43. The first-order chi connectivity index (χ1) is 14.3. The lowest BCUT2D eigenvalue weighted by atomic mass is 10.0. The quantitative estimate of drug-likeness (QED) is 0.535. The molecule has 3 N–H and O–H groups in total. The van der Waals surface area contributed by atoms with E-state index < -0.39 is 0 Å². The molecule has 6 nitrogen and oxygen atoms in total. The molecule has 0 unspecified atom stereocenters. The van der Waals surface area contributed by atoms with Crippen molar-refractivity contribution in [3.05, 3.63) is 66.4 Å². The summed E-state index contributed by atoms with van der Waals surface area (Å²) >= 11 is 0. The van der Waals surface area contributed by atoms with E-state index in [2.05, 4.69) is 54.6 Å². The molecule has 1 aromatic carbocycles. The summed E-state index contributed by atoms with van der Waals surface area (Å²) in [4.78, 5) is 9.12. The van der Waals surface area contributed by atoms with Gasteiger partial charge in [0.1, 0.15) is 0 Å². The number of hydrogen-bond acceptors (Lipinski definition) is 5. The first-order valence-electron chi connectivity index (χ1n) is 10.3. The minimum absolute atomic E-state index is 0.740. The third-order valence-corrected chi connectivity index (χ3v) is 4.68. The molecule has 1 aliphatic rings. The summed E-state index contributed by atoms with van der Waals surface area (Å²) in [7, 11) is 1.89. The van der Waals surface area contributed by atoms with Gasteiger partial charge in [0.05, 0.1) is 11.9 Å². The molecule has 0 saturated carbocycles. The van der Waals surface area contributed by atoms with Gasteiger partial charge in [-0.2, -0.15) is 0 Å². The second-order valence-electron chi connectivity index (χ2n) is 6.53. The number of aryl methyl sites for hydroxylation is 1. The number of allylic oxidation sites excluding steroid dienone is 3. The van der Waals surface area contributed by atoms with Gasteiger partial charge in [-0.3, -0.25) is 4.40 Å². The van der Waals surface area contributed by atoms with Gasteiger partial charge < -0.3 is 16.0 Å². The molecule has 0 spiro atoms. The standard InChI is InChI=1S/C21H24N6.C2H6/c1-3-5-16(13-22-2)19-14-25-21-20(24-10-11-27(19)21)26-17-8-7-15-6-4-9-23-18(15)12-17;1-2/h3,5,7-8,10-14,22-23H,4,6,9H2,1-2H3,(H,24,26);1-2H3/b5-3+,16-13+;. The molecule has 0 aliphatic carbocycles. The predicted molar refractivity (Wildman–Crippen MR) is 123 cm³/mol. The van der Waals surface area contributed by atoms with E-state index in [1.165, 1.54) is 17.7 Å². The van der Waals surface area contributed by atoms with Crippen LogP contribution >= 0.6 is 0 Å². The summed E-state index contributed by atoms with van der Waals surface area (Å²) in [5, 5.41) is 9.99. The van der Waals surface area contributed by atoms with Crippen molar-refractivity contribution in [2.45, 2.75) is 33.6 Å². The van der Waals surface area contributed by atoms with E-state index in [1.54, 1.807) is 6.20 Å². The second-order valence-corrected chi connectivity index (χ2v) is 6.53. The van der Waals surface area contributed by atoms with Crippen LogP contribution in [0.4, 0.5) is 17.2 Å². The highest BCUT2D eigenvalue weighted by molar-refractivity contribution is 5.78. The Bertz CT molecular complexity index is 1020. The highest BCUT2D eigenvalue weighted by Crippen LogP contribution is 2.28. The molecule has 3 aromatic rings. The van der Waals surface area contributed by atoms with Crippen LogP contribution in [0.15, 0.2) is 55.1 Å². The van der Waals surface area contributed by atoms with Gasteiger partial charge in [-0.1, -0.05) is 32.1 Å². The average molecular weight is 391 g/mol. The molecule has 4 rings (SSSR count). The number of anilines is 3. The second kappa shape index (κ2) is 9.78. The Morgan fingerprint density at radius 1 is 1.24 bits per heavy atom. The number of imidazole rings is 1. The van der Waals surface area contributed by atoms with Gasteiger partial charge in [-0.15, -0.1) is 0 Å². The van der Waals surface area contributed by atoms with Crippen molar-refractivity contribution in [2.75, 3.05) is 24.2 Å². The van der Waals surface area contributed by atoms with Crippen molar-refractivity contribution in [2.24, 2.45) is 0 Å². The number of rotatable bonds is 5. The first-order valence-corrected chi connectivity index (χ1v) is 10.3. The van der Waals surface area contributed by atoms with E-state index in [0.717, 1.165) is 41.4 Å². The lowest BCUT2D eigenvalue weighted by molar-refractivity contribution is 0.830. The maximum atomic E-state index is 4.61. The summed E-state index contributed by atoms with van der Waals surface area (Å²) < 4.78 is 2.05. The van der Waals surface area contributed by atoms with Crippen LogP contribution in [0.2, 0.25) is 0 Å². The maximum absolute atomic E-state index is 4.61. The third-order valence-electron chi connectivity index (χ3n) is 4.68. The first kappa shape index (κ1) is 20.5. The van der Waals surface area contributed by atoms with Gasteiger partial charge in [-0.05, 0) is 37.5 Å². The number of nitrogens with one attached hydrogen (secondary N) is 3. The van der Waals surface area contributed by atoms with Crippen molar-refractivity contribution in [1.82, 2.24) is 19.7 Å². The van der Waals surface area contributed by atoms with Gasteiger partial charge in [-0.25, -0.2) is 9.97 Å². The maximum Gasteiger partial charge on any atom is 0.180 e. The van der Waals surface area contributed by atoms with Gasteiger partial charge in [0.2, 0.25) is 0 Å². The highest BCUT2D eigenvalue weighted by atomic mass is 15.1. The molecular formula is C23H30N6. The van der Waals surface area contributed by atoms with Crippen molar-refractivity contribution in [1.29, 1.82) is 0 Å². The number of nitrogens with zero attached hydrogens (tertiary/aromatic N) is 3. The number of hydrogen-bond donors (Lipinski definition) is 3. The fourth-order valence-corrected chi connectivity index (χ4v) is 3.44. The molecule has 0 fully saturated rings. The van der Waals surface area contributed by atoms with E-state index in [1.807, 2.05) is 52.5 Å². The molecule has 6 heteroatoms. The summed E-state index contributed by atoms with van der Waals surface area (Å²) in [6.45, 7) is 7.03. The van der Waals surface area contributed by atoms with Crippen LogP contribution in [0.5, 0.6) is 0 Å². The van der Waals surface area contributed by atoms with Gasteiger partial charge in [0.25, 0.3) is 0 Å². The smallest absolute Gasteiger partial charge is 0.180 e. The molecular weight excluding hydrogens is 360 g/mol. The molecule has 2 aromatic heterocycles. The Morgan fingerprint density at radius 2 is 2.10 bits per heavy atom. The predicted octanol–water partition coefficient (Wildman–Crippen LogP) is 4.99. The number of fused-ring (bicyclic) bond motifs is 2. The molecule has 0 bridgehead atoms. The molecule has 152 valence electrons. The Balaban J connectivity index is 0.00000117. The molecule has 3 heterocycles. The zero-order valence-electron chi connectivity index (χ0n) is 17.7.